The fraction of sp³-hybridized carbons (Fsp3) is 0.458. The van der Waals surface area contributed by atoms with E-state index in [9.17, 15) is 27.8 Å². The molecule has 2 aromatic carbocycles. The molecule has 0 aliphatic heterocycles. The number of rotatable bonds is 13. The second-order valence-electron chi connectivity index (χ2n) is 8.84. The molecule has 8 nitrogen and oxygen atoms in total. The molecule has 3 atom stereocenters. The topological polar surface area (TPSA) is 147 Å². The smallest absolute Gasteiger partial charge is 0.311 e. The van der Waals surface area contributed by atoms with Crippen molar-refractivity contribution >= 4 is 23.4 Å². The van der Waals surface area contributed by atoms with Gasteiger partial charge in [0, 0.05) is 12.7 Å². The van der Waals surface area contributed by atoms with Gasteiger partial charge in [0.25, 0.3) is 0 Å². The molecule has 10 heteroatoms. The van der Waals surface area contributed by atoms with Crippen LogP contribution in [-0.4, -0.2) is 36.3 Å². The molecular formula is C24H35N2O6PS. The predicted molar refractivity (Wildman–Crippen MR) is 133 cm³/mol. The Morgan fingerprint density at radius 2 is 1.76 bits per heavy atom. The normalized spacial score (nSPS) is 15.6. The summed E-state index contributed by atoms with van der Waals surface area (Å²) in [6.45, 7) is 5.51. The minimum atomic E-state index is -4.30. The number of carbonyl (C=O) groups is 1. The van der Waals surface area contributed by atoms with Gasteiger partial charge in [-0.15, -0.1) is 0 Å². The summed E-state index contributed by atoms with van der Waals surface area (Å²) in [7, 11) is -8.40. The Balaban J connectivity index is 2.30. The third-order valence-electron chi connectivity index (χ3n) is 5.73. The highest BCUT2D eigenvalue weighted by Gasteiger charge is 2.40. The zero-order valence-electron chi connectivity index (χ0n) is 19.8. The van der Waals surface area contributed by atoms with E-state index in [1.54, 1.807) is 50.2 Å². The molecule has 0 saturated heterocycles. The van der Waals surface area contributed by atoms with Gasteiger partial charge in [-0.1, -0.05) is 63.6 Å². The van der Waals surface area contributed by atoms with Crippen molar-refractivity contribution in [2.75, 3.05) is 6.16 Å². The lowest BCUT2D eigenvalue weighted by atomic mass is 9.99. The van der Waals surface area contributed by atoms with Gasteiger partial charge in [-0.25, -0.2) is 8.42 Å². The number of aliphatic carboxylic acids is 1. The van der Waals surface area contributed by atoms with Crippen LogP contribution in [0.25, 0.3) is 0 Å². The number of carboxylic acids is 1. The van der Waals surface area contributed by atoms with Crippen LogP contribution in [0, 0.1) is 5.92 Å². The van der Waals surface area contributed by atoms with Gasteiger partial charge in [0.05, 0.1) is 10.8 Å². The summed E-state index contributed by atoms with van der Waals surface area (Å²) in [4.78, 5) is 22.9. The van der Waals surface area contributed by atoms with E-state index in [1.165, 1.54) is 12.1 Å². The maximum absolute atomic E-state index is 13.4. The number of nitrogens with two attached hydrogens (primary N) is 1. The van der Waals surface area contributed by atoms with Crippen LogP contribution < -0.4 is 10.5 Å². The van der Waals surface area contributed by atoms with Crippen molar-refractivity contribution in [3.05, 3.63) is 65.2 Å². The Hall–Kier alpha value is -2.03. The second kappa shape index (κ2) is 12.1. The monoisotopic (exact) mass is 510 g/mol. The molecule has 2 aromatic rings. The highest BCUT2D eigenvalue weighted by molar-refractivity contribution is 7.90. The molecule has 0 amide bonds. The maximum atomic E-state index is 13.4. The van der Waals surface area contributed by atoms with Crippen molar-refractivity contribution in [2.45, 2.75) is 63.2 Å². The summed E-state index contributed by atoms with van der Waals surface area (Å²) in [5.41, 5.74) is 7.69. The van der Waals surface area contributed by atoms with Crippen molar-refractivity contribution in [1.82, 2.24) is 4.72 Å². The average molecular weight is 511 g/mol. The predicted octanol–water partition coefficient (Wildman–Crippen LogP) is 3.89. The highest BCUT2D eigenvalue weighted by atomic mass is 32.2. The molecular weight excluding hydrogens is 475 g/mol. The zero-order chi connectivity index (χ0) is 25.5. The second-order valence-corrected chi connectivity index (χ2v) is 13.0. The first-order chi connectivity index (χ1) is 15.9. The maximum Gasteiger partial charge on any atom is 0.311 e. The summed E-state index contributed by atoms with van der Waals surface area (Å²) in [6.07, 6.45) is 2.24. The first-order valence-electron chi connectivity index (χ1n) is 11.4. The Bertz CT molecular complexity index is 1120. The van der Waals surface area contributed by atoms with Crippen LogP contribution in [0.1, 0.15) is 56.2 Å². The number of carboxylic acid groups (broad SMARTS) is 1. The molecule has 34 heavy (non-hydrogen) atoms. The van der Waals surface area contributed by atoms with Gasteiger partial charge in [0.2, 0.25) is 17.4 Å². The quantitative estimate of drug-likeness (QED) is 0.299. The van der Waals surface area contributed by atoms with Gasteiger partial charge in [-0.2, -0.15) is 4.72 Å². The summed E-state index contributed by atoms with van der Waals surface area (Å²) >= 11 is 0. The number of hydrogen-bond donors (Lipinski definition) is 4. The van der Waals surface area contributed by atoms with Gasteiger partial charge < -0.3 is 15.7 Å². The fourth-order valence-electron chi connectivity index (χ4n) is 3.77. The minimum absolute atomic E-state index is 0.0103. The van der Waals surface area contributed by atoms with Gasteiger partial charge in [-0.05, 0) is 47.6 Å². The lowest BCUT2D eigenvalue weighted by Crippen LogP contribution is -2.39. The molecule has 0 aromatic heterocycles. The van der Waals surface area contributed by atoms with E-state index in [-0.39, 0.29) is 11.4 Å². The van der Waals surface area contributed by atoms with Crippen LogP contribution in [0.2, 0.25) is 0 Å². The number of unbranched alkanes of at least 4 members (excludes halogenated alkanes) is 1. The van der Waals surface area contributed by atoms with E-state index in [0.717, 1.165) is 24.8 Å². The first-order valence-corrected chi connectivity index (χ1v) is 14.8. The van der Waals surface area contributed by atoms with Crippen molar-refractivity contribution in [2.24, 2.45) is 11.7 Å². The standard InChI is InChI=1S/C24H35N2O6PS/c1-4-5-7-18-10-12-21(13-11-18)34(31,32)26-23(17(2)3)33(29,30)16-22(24(27)28)20-9-6-8-19(14-20)15-25/h6,8-14,17,22-23,26H,4-5,7,15-16,25H2,1-3H3,(H,27,28)(H,29,30). The van der Waals surface area contributed by atoms with Crippen molar-refractivity contribution in [3.8, 4) is 0 Å². The Labute approximate surface area is 202 Å². The molecule has 188 valence electrons. The molecule has 3 unspecified atom stereocenters. The molecule has 0 radical (unpaired) electrons. The number of nitrogens with one attached hydrogen (secondary N) is 1. The lowest BCUT2D eigenvalue weighted by molar-refractivity contribution is -0.138. The van der Waals surface area contributed by atoms with Crippen molar-refractivity contribution in [3.63, 3.8) is 0 Å². The van der Waals surface area contributed by atoms with E-state index in [4.69, 9.17) is 5.73 Å². The van der Waals surface area contributed by atoms with Crippen LogP contribution in [0.15, 0.2) is 53.4 Å². The largest absolute Gasteiger partial charge is 0.481 e. The number of aryl methyl sites for hydroxylation is 1. The molecule has 0 heterocycles. The Kier molecular flexibility index (Phi) is 10.0. The molecule has 0 bridgehead atoms. The van der Waals surface area contributed by atoms with Crippen molar-refractivity contribution in [1.29, 1.82) is 0 Å². The summed E-state index contributed by atoms with van der Waals surface area (Å²) < 4.78 is 41.8. The minimum Gasteiger partial charge on any atom is -0.481 e. The molecule has 0 fully saturated rings. The van der Waals surface area contributed by atoms with E-state index in [1.807, 2.05) is 0 Å². The van der Waals surface area contributed by atoms with E-state index >= 15 is 0 Å². The van der Waals surface area contributed by atoms with Crippen LogP contribution >= 0.6 is 7.37 Å². The lowest BCUT2D eigenvalue weighted by Gasteiger charge is -2.29. The molecule has 0 aliphatic rings. The summed E-state index contributed by atoms with van der Waals surface area (Å²) in [6, 6.07) is 13.0. The van der Waals surface area contributed by atoms with Crippen LogP contribution in [0.5, 0.6) is 0 Å². The molecule has 2 rings (SSSR count). The van der Waals surface area contributed by atoms with Gasteiger partial charge >= 0.3 is 5.97 Å². The Morgan fingerprint density at radius 3 is 2.29 bits per heavy atom. The number of hydrogen-bond acceptors (Lipinski definition) is 5. The molecule has 0 spiro atoms. The van der Waals surface area contributed by atoms with E-state index in [0.29, 0.717) is 11.1 Å². The fourth-order valence-corrected chi connectivity index (χ4v) is 8.11. The zero-order valence-corrected chi connectivity index (χ0v) is 21.6. The van der Waals surface area contributed by atoms with E-state index < -0.39 is 47.1 Å². The molecule has 5 N–H and O–H groups in total. The molecule has 0 saturated carbocycles. The number of sulfonamides is 1. The third-order valence-corrected chi connectivity index (χ3v) is 9.84. The van der Waals surface area contributed by atoms with Gasteiger partial charge in [0.1, 0.15) is 5.78 Å². The first kappa shape index (κ1) is 28.2. The van der Waals surface area contributed by atoms with Crippen molar-refractivity contribution < 1.29 is 27.8 Å². The van der Waals surface area contributed by atoms with E-state index in [2.05, 4.69) is 11.6 Å². The summed E-state index contributed by atoms with van der Waals surface area (Å²) in [5, 5.41) is 9.77. The third kappa shape index (κ3) is 7.48. The van der Waals surface area contributed by atoms with Crippen LogP contribution in [0.3, 0.4) is 0 Å². The average Bonchev–Trinajstić information content (AvgIpc) is 2.79. The van der Waals surface area contributed by atoms with Crippen LogP contribution in [-0.2, 0) is 32.3 Å². The van der Waals surface area contributed by atoms with Gasteiger partial charge in [-0.3, -0.25) is 9.36 Å². The summed E-state index contributed by atoms with van der Waals surface area (Å²) in [5.74, 6) is -4.46. The molecule has 0 aliphatic carbocycles. The highest BCUT2D eigenvalue weighted by Crippen LogP contribution is 2.51. The number of benzene rings is 2. The van der Waals surface area contributed by atoms with Gasteiger partial charge in [0.15, 0.2) is 0 Å². The SMILES string of the molecule is CCCCc1ccc(S(=O)(=O)NC(C(C)C)P(=O)(O)CC(C(=O)O)c2cccc(CN)c2)cc1. The Morgan fingerprint density at radius 1 is 1.12 bits per heavy atom. The van der Waals surface area contributed by atoms with Crippen LogP contribution in [0.4, 0.5) is 0 Å².